The van der Waals surface area contributed by atoms with E-state index in [1.807, 2.05) is 23.5 Å². The van der Waals surface area contributed by atoms with Crippen LogP contribution in [0, 0.1) is 0 Å². The minimum atomic E-state index is 1.15. The van der Waals surface area contributed by atoms with Crippen LogP contribution < -0.4 is 0 Å². The van der Waals surface area contributed by atoms with Crippen LogP contribution in [0.15, 0.2) is 22.5 Å². The second-order valence-electron chi connectivity index (χ2n) is 1.66. The standard InChI is InChI=1S/C7H10S2/c1-2-8-7-5-3-4-6-9-7/h3-5H,2,6H2,1H3. The Kier molecular flexibility index (Phi) is 3.30. The van der Waals surface area contributed by atoms with Crippen molar-refractivity contribution >= 4 is 23.5 Å². The molecule has 0 spiro atoms. The summed E-state index contributed by atoms with van der Waals surface area (Å²) in [5.41, 5.74) is 0. The monoisotopic (exact) mass is 158 g/mol. The van der Waals surface area contributed by atoms with Gasteiger partial charge in [-0.2, -0.15) is 0 Å². The fourth-order valence-corrected chi connectivity index (χ4v) is 2.51. The Labute approximate surface area is 64.8 Å². The van der Waals surface area contributed by atoms with E-state index >= 15 is 0 Å². The van der Waals surface area contributed by atoms with E-state index < -0.39 is 0 Å². The number of thioether (sulfide) groups is 2. The lowest BCUT2D eigenvalue weighted by Gasteiger charge is -2.04. The van der Waals surface area contributed by atoms with Crippen LogP contribution in [0.1, 0.15) is 6.92 Å². The van der Waals surface area contributed by atoms with Gasteiger partial charge in [0.25, 0.3) is 0 Å². The van der Waals surface area contributed by atoms with Crippen LogP contribution in [0.25, 0.3) is 0 Å². The van der Waals surface area contributed by atoms with Gasteiger partial charge in [0.05, 0.1) is 0 Å². The normalized spacial score (nSPS) is 17.7. The molecule has 1 aliphatic heterocycles. The number of allylic oxidation sites excluding steroid dienone is 2. The fraction of sp³-hybridized carbons (Fsp3) is 0.429. The van der Waals surface area contributed by atoms with Crippen molar-refractivity contribution in [1.82, 2.24) is 0 Å². The van der Waals surface area contributed by atoms with Crippen LogP contribution in [0.4, 0.5) is 0 Å². The number of hydrogen-bond donors (Lipinski definition) is 0. The average Bonchev–Trinajstić information content (AvgIpc) is 1.91. The lowest BCUT2D eigenvalue weighted by atomic mass is 10.5. The summed E-state index contributed by atoms with van der Waals surface area (Å²) in [6.07, 6.45) is 6.50. The summed E-state index contributed by atoms with van der Waals surface area (Å²) in [6.45, 7) is 2.18. The second-order valence-corrected chi connectivity index (χ2v) is 4.28. The SMILES string of the molecule is CCSC1=CC=CCS1. The first-order valence-electron chi connectivity index (χ1n) is 3.06. The lowest BCUT2D eigenvalue weighted by molar-refractivity contribution is 1.53. The molecular weight excluding hydrogens is 148 g/mol. The van der Waals surface area contributed by atoms with Crippen molar-refractivity contribution in [3.63, 3.8) is 0 Å². The highest BCUT2D eigenvalue weighted by Gasteiger charge is 1.97. The third-order valence-electron chi connectivity index (χ3n) is 0.977. The van der Waals surface area contributed by atoms with E-state index in [0.29, 0.717) is 0 Å². The van der Waals surface area contributed by atoms with Gasteiger partial charge in [0.2, 0.25) is 0 Å². The Morgan fingerprint density at radius 3 is 3.22 bits per heavy atom. The van der Waals surface area contributed by atoms with Gasteiger partial charge in [-0.05, 0) is 11.8 Å². The zero-order valence-corrected chi connectivity index (χ0v) is 7.10. The molecule has 0 nitrogen and oxygen atoms in total. The quantitative estimate of drug-likeness (QED) is 0.606. The molecule has 0 aromatic rings. The Bertz CT molecular complexity index is 136. The summed E-state index contributed by atoms with van der Waals surface area (Å²) >= 11 is 3.85. The van der Waals surface area contributed by atoms with Crippen molar-refractivity contribution in [2.75, 3.05) is 11.5 Å². The molecule has 0 N–H and O–H groups in total. The summed E-state index contributed by atoms with van der Waals surface area (Å²) in [4.78, 5) is 0. The van der Waals surface area contributed by atoms with Crippen LogP contribution in [0.5, 0.6) is 0 Å². The van der Waals surface area contributed by atoms with Gasteiger partial charge >= 0.3 is 0 Å². The number of hydrogen-bond acceptors (Lipinski definition) is 2. The molecular formula is C7H10S2. The highest BCUT2D eigenvalue weighted by atomic mass is 32.2. The molecule has 0 atom stereocenters. The topological polar surface area (TPSA) is 0 Å². The van der Waals surface area contributed by atoms with Crippen molar-refractivity contribution in [2.24, 2.45) is 0 Å². The Hall–Kier alpha value is 0.180. The van der Waals surface area contributed by atoms with Crippen molar-refractivity contribution in [3.05, 3.63) is 22.5 Å². The maximum atomic E-state index is 2.18. The molecule has 0 bridgehead atoms. The summed E-state index contributed by atoms with van der Waals surface area (Å²) < 4.78 is 1.46. The third-order valence-corrected chi connectivity index (χ3v) is 3.17. The summed E-state index contributed by atoms with van der Waals surface area (Å²) in [5, 5.41) is 0. The first-order chi connectivity index (χ1) is 4.43. The summed E-state index contributed by atoms with van der Waals surface area (Å²) in [6, 6.07) is 0. The van der Waals surface area contributed by atoms with Crippen LogP contribution in [-0.4, -0.2) is 11.5 Å². The van der Waals surface area contributed by atoms with E-state index in [-0.39, 0.29) is 0 Å². The van der Waals surface area contributed by atoms with Crippen molar-refractivity contribution in [1.29, 1.82) is 0 Å². The Morgan fingerprint density at radius 1 is 1.78 bits per heavy atom. The van der Waals surface area contributed by atoms with E-state index in [1.165, 1.54) is 9.99 Å². The van der Waals surface area contributed by atoms with Gasteiger partial charge in [-0.15, -0.1) is 23.5 Å². The van der Waals surface area contributed by atoms with Gasteiger partial charge in [-0.3, -0.25) is 0 Å². The minimum Gasteiger partial charge on any atom is -0.120 e. The largest absolute Gasteiger partial charge is 0.120 e. The third kappa shape index (κ3) is 2.50. The first-order valence-corrected chi connectivity index (χ1v) is 5.03. The van der Waals surface area contributed by atoms with Gasteiger partial charge < -0.3 is 0 Å². The van der Waals surface area contributed by atoms with Gasteiger partial charge in [0.15, 0.2) is 0 Å². The van der Waals surface area contributed by atoms with E-state index in [9.17, 15) is 0 Å². The zero-order chi connectivity index (χ0) is 6.53. The highest BCUT2D eigenvalue weighted by Crippen LogP contribution is 2.30. The maximum absolute atomic E-state index is 2.18. The first kappa shape index (κ1) is 7.29. The van der Waals surface area contributed by atoms with E-state index in [1.54, 1.807) is 0 Å². The van der Waals surface area contributed by atoms with Crippen LogP contribution >= 0.6 is 23.5 Å². The molecule has 0 amide bonds. The molecule has 2 heteroatoms. The maximum Gasteiger partial charge on any atom is 0.0403 e. The van der Waals surface area contributed by atoms with Gasteiger partial charge in [0, 0.05) is 9.99 Å². The van der Waals surface area contributed by atoms with E-state index in [0.717, 1.165) is 5.75 Å². The molecule has 0 aromatic heterocycles. The van der Waals surface area contributed by atoms with Crippen LogP contribution in [-0.2, 0) is 0 Å². The fourth-order valence-electron chi connectivity index (χ4n) is 0.613. The molecule has 0 saturated carbocycles. The van der Waals surface area contributed by atoms with E-state index in [4.69, 9.17) is 0 Å². The molecule has 50 valence electrons. The molecule has 1 aliphatic rings. The Balaban J connectivity index is 2.38. The molecule has 1 rings (SSSR count). The van der Waals surface area contributed by atoms with Gasteiger partial charge in [0.1, 0.15) is 0 Å². The van der Waals surface area contributed by atoms with Crippen molar-refractivity contribution < 1.29 is 0 Å². The molecule has 0 aliphatic carbocycles. The highest BCUT2D eigenvalue weighted by molar-refractivity contribution is 8.22. The predicted molar refractivity (Wildman–Crippen MR) is 47.8 cm³/mol. The van der Waals surface area contributed by atoms with Gasteiger partial charge in [-0.1, -0.05) is 19.1 Å². The van der Waals surface area contributed by atoms with Crippen LogP contribution in [0.2, 0.25) is 0 Å². The summed E-state index contributed by atoms with van der Waals surface area (Å²) in [7, 11) is 0. The van der Waals surface area contributed by atoms with Gasteiger partial charge in [-0.25, -0.2) is 0 Å². The second kappa shape index (κ2) is 4.07. The molecule has 0 radical (unpaired) electrons. The van der Waals surface area contributed by atoms with E-state index in [2.05, 4.69) is 25.2 Å². The molecule has 9 heavy (non-hydrogen) atoms. The predicted octanol–water partition coefficient (Wildman–Crippen LogP) is 2.88. The Morgan fingerprint density at radius 2 is 2.67 bits per heavy atom. The van der Waals surface area contributed by atoms with Crippen molar-refractivity contribution in [2.45, 2.75) is 6.92 Å². The molecule has 0 fully saturated rings. The smallest absolute Gasteiger partial charge is 0.0403 e. The molecule has 0 saturated heterocycles. The molecule has 1 heterocycles. The zero-order valence-electron chi connectivity index (χ0n) is 5.46. The minimum absolute atomic E-state index is 1.15. The average molecular weight is 158 g/mol. The molecule has 0 aromatic carbocycles. The van der Waals surface area contributed by atoms with Crippen LogP contribution in [0.3, 0.4) is 0 Å². The lowest BCUT2D eigenvalue weighted by Crippen LogP contribution is -1.79. The summed E-state index contributed by atoms with van der Waals surface area (Å²) in [5.74, 6) is 2.34. The number of rotatable bonds is 2. The van der Waals surface area contributed by atoms with Crippen molar-refractivity contribution in [3.8, 4) is 0 Å². The molecule has 0 unspecified atom stereocenters.